The van der Waals surface area contributed by atoms with Gasteiger partial charge in [0, 0.05) is 6.04 Å². The van der Waals surface area contributed by atoms with Gasteiger partial charge in [-0.1, -0.05) is 19.1 Å². The summed E-state index contributed by atoms with van der Waals surface area (Å²) in [6.07, 6.45) is 1.17. The van der Waals surface area contributed by atoms with Crippen LogP contribution in [0, 0.1) is 0 Å². The van der Waals surface area contributed by atoms with Crippen LogP contribution in [0.4, 0.5) is 0 Å². The third-order valence-electron chi connectivity index (χ3n) is 2.47. The van der Waals surface area contributed by atoms with Crippen LogP contribution in [0.3, 0.4) is 0 Å². The Morgan fingerprint density at radius 2 is 1.94 bits per heavy atom. The van der Waals surface area contributed by atoms with Crippen molar-refractivity contribution >= 4 is 5.97 Å². The minimum Gasteiger partial charge on any atom is -0.494 e. The molecule has 0 bridgehead atoms. The molecule has 4 heteroatoms. The molecule has 100 valence electrons. The zero-order valence-electron chi connectivity index (χ0n) is 11.0. The number of rotatable bonds is 7. The lowest BCUT2D eigenvalue weighted by atomic mass is 10.0. The second kappa shape index (κ2) is 7.71. The molecular formula is C14H21NO3. The Labute approximate surface area is 108 Å². The molecule has 0 spiro atoms. The first-order valence-electron chi connectivity index (χ1n) is 6.31. The number of hydrogen-bond donors (Lipinski definition) is 1. The van der Waals surface area contributed by atoms with Crippen molar-refractivity contribution in [3.05, 3.63) is 29.8 Å². The molecule has 0 aliphatic heterocycles. The molecule has 0 heterocycles. The summed E-state index contributed by atoms with van der Waals surface area (Å²) in [5.41, 5.74) is 6.84. The Balaban J connectivity index is 2.53. The van der Waals surface area contributed by atoms with E-state index in [4.69, 9.17) is 15.2 Å². The molecule has 1 aromatic rings. The largest absolute Gasteiger partial charge is 0.494 e. The second-order valence-corrected chi connectivity index (χ2v) is 4.03. The number of carbonyl (C=O) groups is 1. The van der Waals surface area contributed by atoms with E-state index in [0.717, 1.165) is 17.7 Å². The molecule has 0 radical (unpaired) electrons. The number of carbonyl (C=O) groups excluding carboxylic acids is 1. The second-order valence-electron chi connectivity index (χ2n) is 4.03. The fourth-order valence-electron chi connectivity index (χ4n) is 1.55. The highest BCUT2D eigenvalue weighted by atomic mass is 16.5. The normalized spacial score (nSPS) is 11.9. The Morgan fingerprint density at radius 1 is 1.28 bits per heavy atom. The number of ether oxygens (including phenoxy) is 2. The molecule has 0 aliphatic rings. The maximum Gasteiger partial charge on any atom is 0.307 e. The first-order valence-corrected chi connectivity index (χ1v) is 6.31. The van der Waals surface area contributed by atoms with Gasteiger partial charge in [-0.15, -0.1) is 0 Å². The van der Waals surface area contributed by atoms with Crippen LogP contribution in [0.1, 0.15) is 38.3 Å². The lowest BCUT2D eigenvalue weighted by molar-refractivity contribution is -0.143. The topological polar surface area (TPSA) is 61.5 Å². The quantitative estimate of drug-likeness (QED) is 0.756. The number of esters is 1. The lowest BCUT2D eigenvalue weighted by Gasteiger charge is -2.12. The highest BCUT2D eigenvalue weighted by Crippen LogP contribution is 2.19. The van der Waals surface area contributed by atoms with Gasteiger partial charge < -0.3 is 15.2 Å². The van der Waals surface area contributed by atoms with Gasteiger partial charge in [-0.2, -0.15) is 0 Å². The van der Waals surface area contributed by atoms with E-state index in [1.54, 1.807) is 6.92 Å². The van der Waals surface area contributed by atoms with Crippen LogP contribution >= 0.6 is 0 Å². The van der Waals surface area contributed by atoms with Crippen LogP contribution in [0.2, 0.25) is 0 Å². The maximum atomic E-state index is 11.3. The first-order chi connectivity index (χ1) is 8.67. The summed E-state index contributed by atoms with van der Waals surface area (Å²) in [5.74, 6) is 0.556. The Bertz CT molecular complexity index is 362. The minimum absolute atomic E-state index is 0.197. The summed E-state index contributed by atoms with van der Waals surface area (Å²) in [7, 11) is 0. The predicted octanol–water partition coefficient (Wildman–Crippen LogP) is 2.43. The molecule has 4 nitrogen and oxygen atoms in total. The molecular weight excluding hydrogens is 230 g/mol. The highest BCUT2D eigenvalue weighted by Gasteiger charge is 2.12. The van der Waals surface area contributed by atoms with E-state index in [0.29, 0.717) is 13.2 Å². The third kappa shape index (κ3) is 4.75. The van der Waals surface area contributed by atoms with Gasteiger partial charge >= 0.3 is 5.97 Å². The molecule has 0 aromatic heterocycles. The molecule has 0 aliphatic carbocycles. The number of nitrogens with two attached hydrogens (primary N) is 1. The van der Waals surface area contributed by atoms with E-state index in [1.165, 1.54) is 0 Å². The van der Waals surface area contributed by atoms with Gasteiger partial charge in [-0.3, -0.25) is 4.79 Å². The van der Waals surface area contributed by atoms with Crippen molar-refractivity contribution in [3.8, 4) is 5.75 Å². The number of hydrogen-bond acceptors (Lipinski definition) is 4. The van der Waals surface area contributed by atoms with Crippen molar-refractivity contribution in [1.29, 1.82) is 0 Å². The van der Waals surface area contributed by atoms with Crippen LogP contribution in [-0.4, -0.2) is 19.2 Å². The molecule has 0 amide bonds. The SMILES string of the molecule is CCCOc1ccc([C@@H](N)CC(=O)OCC)cc1. The van der Waals surface area contributed by atoms with E-state index in [2.05, 4.69) is 6.92 Å². The third-order valence-corrected chi connectivity index (χ3v) is 2.47. The molecule has 0 fully saturated rings. The molecule has 0 saturated heterocycles. The van der Waals surface area contributed by atoms with E-state index < -0.39 is 0 Å². The molecule has 1 aromatic carbocycles. The smallest absolute Gasteiger partial charge is 0.307 e. The monoisotopic (exact) mass is 251 g/mol. The Hall–Kier alpha value is -1.55. The summed E-state index contributed by atoms with van der Waals surface area (Å²) >= 11 is 0. The van der Waals surface area contributed by atoms with Crippen molar-refractivity contribution in [2.45, 2.75) is 32.7 Å². The summed E-state index contributed by atoms with van der Waals surface area (Å²) in [5, 5.41) is 0. The summed E-state index contributed by atoms with van der Waals surface area (Å²) in [6, 6.07) is 7.18. The van der Waals surface area contributed by atoms with E-state index in [9.17, 15) is 4.79 Å². The van der Waals surface area contributed by atoms with E-state index >= 15 is 0 Å². The van der Waals surface area contributed by atoms with Crippen molar-refractivity contribution in [2.75, 3.05) is 13.2 Å². The molecule has 18 heavy (non-hydrogen) atoms. The molecule has 0 unspecified atom stereocenters. The van der Waals surface area contributed by atoms with E-state index in [1.807, 2.05) is 24.3 Å². The van der Waals surface area contributed by atoms with Crippen LogP contribution < -0.4 is 10.5 Å². The molecule has 0 saturated carbocycles. The van der Waals surface area contributed by atoms with Gasteiger partial charge in [0.25, 0.3) is 0 Å². The van der Waals surface area contributed by atoms with Gasteiger partial charge in [0.05, 0.1) is 19.6 Å². The first kappa shape index (κ1) is 14.5. The minimum atomic E-state index is -0.329. The summed E-state index contributed by atoms with van der Waals surface area (Å²) in [6.45, 7) is 4.93. The fraction of sp³-hybridized carbons (Fsp3) is 0.500. The lowest BCUT2D eigenvalue weighted by Crippen LogP contribution is -2.17. The summed E-state index contributed by atoms with van der Waals surface area (Å²) in [4.78, 5) is 11.3. The van der Waals surface area contributed by atoms with Gasteiger partial charge in [-0.25, -0.2) is 0 Å². The van der Waals surface area contributed by atoms with Crippen LogP contribution in [0.25, 0.3) is 0 Å². The van der Waals surface area contributed by atoms with Gasteiger partial charge in [0.2, 0.25) is 0 Å². The van der Waals surface area contributed by atoms with Crippen molar-refractivity contribution in [1.82, 2.24) is 0 Å². The van der Waals surface area contributed by atoms with Gasteiger partial charge in [0.1, 0.15) is 5.75 Å². The Kier molecular flexibility index (Phi) is 6.22. The average molecular weight is 251 g/mol. The zero-order valence-corrected chi connectivity index (χ0v) is 11.0. The predicted molar refractivity (Wildman–Crippen MR) is 70.4 cm³/mol. The van der Waals surface area contributed by atoms with E-state index in [-0.39, 0.29) is 18.4 Å². The van der Waals surface area contributed by atoms with Crippen molar-refractivity contribution in [3.63, 3.8) is 0 Å². The standard InChI is InChI=1S/C14H21NO3/c1-3-9-18-12-7-5-11(6-8-12)13(15)10-14(16)17-4-2/h5-8,13H,3-4,9-10,15H2,1-2H3/t13-/m0/s1. The van der Waals surface area contributed by atoms with Crippen LogP contribution in [-0.2, 0) is 9.53 Å². The number of benzene rings is 1. The van der Waals surface area contributed by atoms with Crippen molar-refractivity contribution < 1.29 is 14.3 Å². The Morgan fingerprint density at radius 3 is 2.50 bits per heavy atom. The summed E-state index contributed by atoms with van der Waals surface area (Å²) < 4.78 is 10.3. The van der Waals surface area contributed by atoms with Crippen molar-refractivity contribution in [2.24, 2.45) is 5.73 Å². The van der Waals surface area contributed by atoms with Crippen LogP contribution in [0.15, 0.2) is 24.3 Å². The fourth-order valence-corrected chi connectivity index (χ4v) is 1.55. The van der Waals surface area contributed by atoms with Gasteiger partial charge in [0.15, 0.2) is 0 Å². The molecule has 1 rings (SSSR count). The maximum absolute atomic E-state index is 11.3. The van der Waals surface area contributed by atoms with Crippen LogP contribution in [0.5, 0.6) is 5.75 Å². The average Bonchev–Trinajstić information content (AvgIpc) is 2.37. The van der Waals surface area contributed by atoms with Gasteiger partial charge in [-0.05, 0) is 31.0 Å². The molecule has 1 atom stereocenters. The molecule has 2 N–H and O–H groups in total. The zero-order chi connectivity index (χ0) is 13.4. The highest BCUT2D eigenvalue weighted by molar-refractivity contribution is 5.70.